The summed E-state index contributed by atoms with van der Waals surface area (Å²) < 4.78 is 11.7. The number of carboxylic acid groups (broad SMARTS) is 1. The molecule has 3 atom stereocenters. The Morgan fingerprint density at radius 3 is 2.69 bits per heavy atom. The number of hydrogen-bond donors (Lipinski definition) is 3. The Morgan fingerprint density at radius 1 is 1.34 bits per heavy atom. The van der Waals surface area contributed by atoms with Gasteiger partial charge in [0.05, 0.1) is 28.8 Å². The Bertz CT molecular complexity index is 962. The number of hydrogen-bond acceptors (Lipinski definition) is 7. The van der Waals surface area contributed by atoms with Crippen molar-refractivity contribution in [1.29, 1.82) is 0 Å². The molecule has 2 aromatic rings. The molecule has 0 fully saturated rings. The summed E-state index contributed by atoms with van der Waals surface area (Å²) in [6.45, 7) is 7.91. The normalized spacial score (nSPS) is 20.9. The number of thiophene rings is 1. The minimum absolute atomic E-state index is 0.0198. The van der Waals surface area contributed by atoms with Gasteiger partial charge in [-0.2, -0.15) is 0 Å². The van der Waals surface area contributed by atoms with Crippen molar-refractivity contribution in [3.63, 3.8) is 0 Å². The average molecular weight is 462 g/mol. The van der Waals surface area contributed by atoms with Crippen LogP contribution in [-0.4, -0.2) is 46.4 Å². The lowest BCUT2D eigenvalue weighted by atomic mass is 9.87. The number of ether oxygens (including phenoxy) is 1. The van der Waals surface area contributed by atoms with Crippen LogP contribution in [0, 0.1) is 6.92 Å². The van der Waals surface area contributed by atoms with Gasteiger partial charge in [0.15, 0.2) is 5.76 Å². The molecular formula is C23H31N3O5S. The van der Waals surface area contributed by atoms with Crippen molar-refractivity contribution in [3.8, 4) is 10.6 Å². The quantitative estimate of drug-likeness (QED) is 0.495. The van der Waals surface area contributed by atoms with Crippen molar-refractivity contribution >= 4 is 23.2 Å². The maximum Gasteiger partial charge on any atom is 0.331 e. The lowest BCUT2D eigenvalue weighted by Gasteiger charge is -2.38. The molecule has 0 unspecified atom stereocenters. The fourth-order valence-electron chi connectivity index (χ4n) is 3.88. The number of aryl methyl sites for hydroxylation is 1. The van der Waals surface area contributed by atoms with Gasteiger partial charge in [0, 0.05) is 36.0 Å². The number of carbonyl (C=O) groups excluding carboxylic acids is 1. The number of aliphatic carboxylic acids is 1. The van der Waals surface area contributed by atoms with Crippen LogP contribution in [-0.2, 0) is 20.9 Å². The third kappa shape index (κ3) is 6.05. The van der Waals surface area contributed by atoms with Gasteiger partial charge in [0.25, 0.3) is 0 Å². The van der Waals surface area contributed by atoms with E-state index in [1.165, 1.54) is 11.8 Å². The summed E-state index contributed by atoms with van der Waals surface area (Å²) >= 11 is 1.63. The lowest BCUT2D eigenvalue weighted by molar-refractivity contribution is -0.133. The minimum Gasteiger partial charge on any atom is -0.478 e. The first kappa shape index (κ1) is 24.2. The molecule has 0 aromatic carbocycles. The minimum atomic E-state index is -0.979. The largest absolute Gasteiger partial charge is 0.478 e. The van der Waals surface area contributed by atoms with Crippen LogP contribution in [0.2, 0.25) is 0 Å². The number of aromatic nitrogens is 1. The van der Waals surface area contributed by atoms with E-state index in [2.05, 4.69) is 15.8 Å². The zero-order valence-electron chi connectivity index (χ0n) is 18.9. The Balaban J connectivity index is 1.77. The van der Waals surface area contributed by atoms with E-state index >= 15 is 0 Å². The lowest BCUT2D eigenvalue weighted by Crippen LogP contribution is -2.58. The van der Waals surface area contributed by atoms with Crippen LogP contribution in [0.15, 0.2) is 34.4 Å². The highest BCUT2D eigenvalue weighted by molar-refractivity contribution is 7.15. The molecule has 0 spiro atoms. The summed E-state index contributed by atoms with van der Waals surface area (Å²) in [6.07, 6.45) is 2.94. The zero-order valence-corrected chi connectivity index (χ0v) is 19.7. The molecule has 174 valence electrons. The monoisotopic (exact) mass is 461 g/mol. The van der Waals surface area contributed by atoms with Gasteiger partial charge in [0.1, 0.15) is 0 Å². The third-order valence-electron chi connectivity index (χ3n) is 5.59. The number of carboxylic acids is 1. The predicted molar refractivity (Wildman–Crippen MR) is 122 cm³/mol. The Morgan fingerprint density at radius 2 is 2.09 bits per heavy atom. The molecule has 3 N–H and O–H groups in total. The van der Waals surface area contributed by atoms with Crippen molar-refractivity contribution in [1.82, 2.24) is 15.8 Å². The smallest absolute Gasteiger partial charge is 0.331 e. The summed E-state index contributed by atoms with van der Waals surface area (Å²) in [6, 6.07) is 5.16. The first-order valence-corrected chi connectivity index (χ1v) is 11.7. The summed E-state index contributed by atoms with van der Waals surface area (Å²) in [5, 5.41) is 20.1. The van der Waals surface area contributed by atoms with E-state index in [1.54, 1.807) is 17.4 Å². The molecule has 0 saturated carbocycles. The Labute approximate surface area is 192 Å². The summed E-state index contributed by atoms with van der Waals surface area (Å²) in [5.74, 6) is -0.472. The van der Waals surface area contributed by atoms with Gasteiger partial charge in [-0.3, -0.25) is 4.79 Å². The highest BCUT2D eigenvalue weighted by Crippen LogP contribution is 2.29. The third-order valence-corrected chi connectivity index (χ3v) is 6.60. The highest BCUT2D eigenvalue weighted by Gasteiger charge is 2.37. The van der Waals surface area contributed by atoms with E-state index < -0.39 is 18.1 Å². The van der Waals surface area contributed by atoms with E-state index in [9.17, 15) is 14.7 Å². The average Bonchev–Trinajstić information content (AvgIpc) is 3.40. The maximum atomic E-state index is 11.9. The fraction of sp³-hybridized carbons (Fsp3) is 0.522. The second-order valence-electron chi connectivity index (χ2n) is 8.05. The first-order chi connectivity index (χ1) is 15.3. The summed E-state index contributed by atoms with van der Waals surface area (Å²) in [4.78, 5) is 25.9. The SMILES string of the molecule is CCC(CC)O[C@@H]1C=C(C(=O)O)C[C@H](NCc2cc(-c3ccc(C)s3)on2)[C@H]1NC(C)=O. The number of nitrogens with zero attached hydrogens (tertiary/aromatic N) is 1. The van der Waals surface area contributed by atoms with Crippen molar-refractivity contribution < 1.29 is 24.0 Å². The number of amides is 1. The number of carbonyl (C=O) groups is 2. The summed E-state index contributed by atoms with van der Waals surface area (Å²) in [5.41, 5.74) is 0.978. The van der Waals surface area contributed by atoms with Gasteiger partial charge < -0.3 is 25.0 Å². The van der Waals surface area contributed by atoms with Crippen molar-refractivity contribution in [2.45, 2.75) is 77.8 Å². The van der Waals surface area contributed by atoms with Crippen LogP contribution < -0.4 is 10.6 Å². The van der Waals surface area contributed by atoms with Crippen LogP contribution in [0.1, 0.15) is 50.6 Å². The van der Waals surface area contributed by atoms with Crippen LogP contribution in [0.25, 0.3) is 10.6 Å². The van der Waals surface area contributed by atoms with E-state index in [4.69, 9.17) is 9.26 Å². The highest BCUT2D eigenvalue weighted by atomic mass is 32.1. The molecule has 2 heterocycles. The van der Waals surface area contributed by atoms with Gasteiger partial charge >= 0.3 is 5.97 Å². The van der Waals surface area contributed by atoms with E-state index in [1.807, 2.05) is 39.0 Å². The molecule has 9 heteroatoms. The molecule has 1 amide bonds. The molecule has 1 aliphatic rings. The second-order valence-corrected chi connectivity index (χ2v) is 9.33. The molecule has 8 nitrogen and oxygen atoms in total. The molecule has 0 aliphatic heterocycles. The molecule has 0 radical (unpaired) electrons. The zero-order chi connectivity index (χ0) is 23.3. The van der Waals surface area contributed by atoms with Crippen molar-refractivity contribution in [2.75, 3.05) is 0 Å². The molecule has 0 bridgehead atoms. The Kier molecular flexibility index (Phi) is 8.22. The number of rotatable bonds is 10. The molecule has 2 aromatic heterocycles. The van der Waals surface area contributed by atoms with Gasteiger partial charge in [-0.25, -0.2) is 4.79 Å². The van der Waals surface area contributed by atoms with E-state index in [0.717, 1.165) is 17.7 Å². The number of nitrogens with one attached hydrogen (secondary N) is 2. The van der Waals surface area contributed by atoms with E-state index in [0.29, 0.717) is 18.0 Å². The standard InChI is InChI=1S/C23H31N3O5S/c1-5-17(6-2)30-20-10-15(23(28)29)9-18(22(20)25-14(4)27)24-12-16-11-19(31-26-16)21-8-7-13(3)32-21/h7-8,10-11,17-18,20,22,24H,5-6,9,12H2,1-4H3,(H,25,27)(H,28,29)/t18-,20+,22+/m0/s1. The van der Waals surface area contributed by atoms with Crippen LogP contribution in [0.4, 0.5) is 0 Å². The van der Waals surface area contributed by atoms with Crippen molar-refractivity contribution in [2.24, 2.45) is 0 Å². The molecule has 0 saturated heterocycles. The molecule has 32 heavy (non-hydrogen) atoms. The van der Waals surface area contributed by atoms with Gasteiger partial charge in [-0.1, -0.05) is 19.0 Å². The van der Waals surface area contributed by atoms with E-state index in [-0.39, 0.29) is 30.0 Å². The molecule has 1 aliphatic carbocycles. The molecular weight excluding hydrogens is 430 g/mol. The van der Waals surface area contributed by atoms with Crippen LogP contribution in [0.3, 0.4) is 0 Å². The molecule has 3 rings (SSSR count). The summed E-state index contributed by atoms with van der Waals surface area (Å²) in [7, 11) is 0. The van der Waals surface area contributed by atoms with Gasteiger partial charge in [-0.15, -0.1) is 11.3 Å². The fourth-order valence-corrected chi connectivity index (χ4v) is 4.69. The Hall–Kier alpha value is -2.49. The van der Waals surface area contributed by atoms with Gasteiger partial charge in [-0.05, 0) is 44.4 Å². The predicted octanol–water partition coefficient (Wildman–Crippen LogP) is 3.66. The topological polar surface area (TPSA) is 114 Å². The van der Waals surface area contributed by atoms with Crippen LogP contribution >= 0.6 is 11.3 Å². The first-order valence-electron chi connectivity index (χ1n) is 10.9. The maximum absolute atomic E-state index is 11.9. The second kappa shape index (κ2) is 10.9. The van der Waals surface area contributed by atoms with Crippen LogP contribution in [0.5, 0.6) is 0 Å². The van der Waals surface area contributed by atoms with Crippen molar-refractivity contribution in [3.05, 3.63) is 40.4 Å². The van der Waals surface area contributed by atoms with Gasteiger partial charge in [0.2, 0.25) is 5.91 Å².